The second-order valence-corrected chi connectivity index (χ2v) is 9.10. The van der Waals surface area contributed by atoms with E-state index in [1.807, 2.05) is 54.6 Å². The predicted octanol–water partition coefficient (Wildman–Crippen LogP) is 2.82. The summed E-state index contributed by atoms with van der Waals surface area (Å²) in [6.07, 6.45) is 1.15. The van der Waals surface area contributed by atoms with E-state index in [4.69, 9.17) is 0 Å². The van der Waals surface area contributed by atoms with Crippen LogP contribution in [0.4, 0.5) is 0 Å². The minimum Gasteiger partial charge on any atom is -0.394 e. The maximum atomic E-state index is 12.9. The van der Waals surface area contributed by atoms with Gasteiger partial charge >= 0.3 is 0 Å². The zero-order valence-corrected chi connectivity index (χ0v) is 18.7. The Morgan fingerprint density at radius 1 is 1.12 bits per heavy atom. The third-order valence-corrected chi connectivity index (χ3v) is 6.34. The van der Waals surface area contributed by atoms with Crippen LogP contribution in [0.15, 0.2) is 54.6 Å². The molecule has 2 heterocycles. The van der Waals surface area contributed by atoms with Gasteiger partial charge in [-0.2, -0.15) is 0 Å². The zero-order chi connectivity index (χ0) is 22.7. The smallest absolute Gasteiger partial charge is 0.242 e. The quantitative estimate of drug-likeness (QED) is 0.742. The van der Waals surface area contributed by atoms with Crippen LogP contribution in [-0.2, 0) is 16.0 Å². The first-order chi connectivity index (χ1) is 15.5. The maximum Gasteiger partial charge on any atom is 0.242 e. The fourth-order valence-corrected chi connectivity index (χ4v) is 4.72. The lowest BCUT2D eigenvalue weighted by atomic mass is 9.73. The molecule has 0 bridgehead atoms. The Labute approximate surface area is 190 Å². The van der Waals surface area contributed by atoms with Gasteiger partial charge in [-0.05, 0) is 29.2 Å². The monoisotopic (exact) mass is 430 g/mol. The van der Waals surface area contributed by atoms with Gasteiger partial charge in [0.05, 0.1) is 31.7 Å². The topological polar surface area (TPSA) is 60.9 Å². The predicted molar refractivity (Wildman–Crippen MR) is 124 cm³/mol. The summed E-state index contributed by atoms with van der Waals surface area (Å²) < 4.78 is 0. The summed E-state index contributed by atoms with van der Waals surface area (Å²) in [7, 11) is 0. The first kappa shape index (κ1) is 22.1. The number of fused-ring (bicyclic) bond motifs is 1. The van der Waals surface area contributed by atoms with Crippen molar-refractivity contribution in [3.05, 3.63) is 71.3 Å². The average Bonchev–Trinajstić information content (AvgIpc) is 2.76. The second-order valence-electron chi connectivity index (χ2n) is 9.10. The first-order valence-electron chi connectivity index (χ1n) is 11.3. The molecular formula is C27H30N2O3. The number of aliphatic hydroxyl groups is 1. The van der Waals surface area contributed by atoms with Gasteiger partial charge < -0.3 is 14.9 Å². The number of amides is 2. The Morgan fingerprint density at radius 3 is 2.50 bits per heavy atom. The van der Waals surface area contributed by atoms with Crippen molar-refractivity contribution in [1.82, 2.24) is 9.80 Å². The molecule has 0 aliphatic carbocycles. The molecule has 0 radical (unpaired) electrons. The summed E-state index contributed by atoms with van der Waals surface area (Å²) >= 11 is 0. The molecule has 2 amide bonds. The van der Waals surface area contributed by atoms with Gasteiger partial charge in [-0.3, -0.25) is 9.59 Å². The van der Waals surface area contributed by atoms with Crippen molar-refractivity contribution < 1.29 is 14.7 Å². The molecule has 0 aromatic heterocycles. The Morgan fingerprint density at radius 2 is 1.84 bits per heavy atom. The Hall–Kier alpha value is -3.10. The number of carbonyl (C=O) groups excluding carboxylic acids is 2. The van der Waals surface area contributed by atoms with E-state index in [0.717, 1.165) is 23.1 Å². The molecule has 2 aliphatic rings. The number of aliphatic hydroxyl groups excluding tert-OH is 1. The number of nitrogens with zero attached hydrogens (tertiary/aromatic N) is 2. The summed E-state index contributed by atoms with van der Waals surface area (Å²) in [6, 6.07) is 17.3. The van der Waals surface area contributed by atoms with E-state index < -0.39 is 0 Å². The summed E-state index contributed by atoms with van der Waals surface area (Å²) in [4.78, 5) is 29.1. The van der Waals surface area contributed by atoms with Crippen LogP contribution in [0, 0.1) is 17.8 Å². The Kier molecular flexibility index (Phi) is 6.62. The van der Waals surface area contributed by atoms with Gasteiger partial charge in [0.1, 0.15) is 0 Å². The van der Waals surface area contributed by atoms with Gasteiger partial charge in [0.15, 0.2) is 0 Å². The molecule has 5 heteroatoms. The van der Waals surface area contributed by atoms with Crippen molar-refractivity contribution in [3.63, 3.8) is 0 Å². The van der Waals surface area contributed by atoms with E-state index in [9.17, 15) is 14.7 Å². The highest BCUT2D eigenvalue weighted by molar-refractivity contribution is 5.88. The molecule has 3 atom stereocenters. The standard InChI is InChI=1S/C27H30N2O3/c1-19(2)7-6-10-20-11-13-22(14-12-20)27-23-16-28(17-26(32)29(23)24(27)18-30)25(31)15-21-8-4-3-5-9-21/h3-5,8-9,11-14,19,23-24,27,30H,7,15-18H2,1-2H3/t23-,24-,27-/m0/s1. The van der Waals surface area contributed by atoms with Gasteiger partial charge in [-0.15, -0.1) is 0 Å². The van der Waals surface area contributed by atoms with Crippen molar-refractivity contribution in [1.29, 1.82) is 0 Å². The van der Waals surface area contributed by atoms with Crippen LogP contribution in [0.3, 0.4) is 0 Å². The van der Waals surface area contributed by atoms with Crippen LogP contribution in [0.25, 0.3) is 0 Å². The van der Waals surface area contributed by atoms with Crippen molar-refractivity contribution in [2.24, 2.45) is 5.92 Å². The Balaban J connectivity index is 1.48. The van der Waals surface area contributed by atoms with Crippen molar-refractivity contribution in [3.8, 4) is 11.8 Å². The maximum absolute atomic E-state index is 12.9. The molecule has 0 unspecified atom stereocenters. The van der Waals surface area contributed by atoms with Crippen LogP contribution in [-0.4, -0.2) is 58.5 Å². The molecule has 2 aromatic carbocycles. The minimum absolute atomic E-state index is 0.00829. The molecule has 0 spiro atoms. The highest BCUT2D eigenvalue weighted by Crippen LogP contribution is 2.43. The number of hydrogen-bond donors (Lipinski definition) is 1. The third-order valence-electron chi connectivity index (χ3n) is 6.34. The van der Waals surface area contributed by atoms with Gasteiger partial charge in [-0.1, -0.05) is 68.2 Å². The fourth-order valence-electron chi connectivity index (χ4n) is 4.72. The molecule has 0 saturated carbocycles. The number of rotatable bonds is 5. The number of benzene rings is 2. The second kappa shape index (κ2) is 9.58. The van der Waals surface area contributed by atoms with Crippen LogP contribution >= 0.6 is 0 Å². The first-order valence-corrected chi connectivity index (χ1v) is 11.3. The minimum atomic E-state index is -0.239. The van der Waals surface area contributed by atoms with Crippen molar-refractivity contribution >= 4 is 11.8 Å². The van der Waals surface area contributed by atoms with E-state index >= 15 is 0 Å². The number of carbonyl (C=O) groups is 2. The van der Waals surface area contributed by atoms with Crippen LogP contribution in [0.5, 0.6) is 0 Å². The molecule has 2 aliphatic heterocycles. The molecule has 4 rings (SSSR count). The molecule has 1 N–H and O–H groups in total. The van der Waals surface area contributed by atoms with E-state index in [0.29, 0.717) is 18.9 Å². The van der Waals surface area contributed by atoms with Crippen LogP contribution in [0.2, 0.25) is 0 Å². The summed E-state index contributed by atoms with van der Waals surface area (Å²) in [5.41, 5.74) is 2.98. The lowest BCUT2D eigenvalue weighted by Gasteiger charge is -2.58. The molecule has 2 saturated heterocycles. The molecular weight excluding hydrogens is 400 g/mol. The number of piperazine rings is 1. The van der Waals surface area contributed by atoms with E-state index in [-0.39, 0.29) is 43.0 Å². The lowest BCUT2D eigenvalue weighted by Crippen LogP contribution is -2.73. The van der Waals surface area contributed by atoms with Gasteiger partial charge in [-0.25, -0.2) is 0 Å². The fraction of sp³-hybridized carbons (Fsp3) is 0.407. The highest BCUT2D eigenvalue weighted by atomic mass is 16.3. The van der Waals surface area contributed by atoms with Crippen LogP contribution < -0.4 is 0 Å². The number of hydrogen-bond acceptors (Lipinski definition) is 3. The molecule has 2 fully saturated rings. The van der Waals surface area contributed by atoms with Crippen LogP contribution in [0.1, 0.15) is 42.9 Å². The largest absolute Gasteiger partial charge is 0.394 e. The van der Waals surface area contributed by atoms with E-state index in [1.54, 1.807) is 9.80 Å². The summed E-state index contributed by atoms with van der Waals surface area (Å²) in [5.74, 6) is 6.82. The van der Waals surface area contributed by atoms with E-state index in [2.05, 4.69) is 25.7 Å². The highest BCUT2D eigenvalue weighted by Gasteiger charge is 2.54. The van der Waals surface area contributed by atoms with E-state index in [1.165, 1.54) is 0 Å². The molecule has 32 heavy (non-hydrogen) atoms. The van der Waals surface area contributed by atoms with Crippen molar-refractivity contribution in [2.75, 3.05) is 19.7 Å². The molecule has 5 nitrogen and oxygen atoms in total. The van der Waals surface area contributed by atoms with Gasteiger partial charge in [0.2, 0.25) is 11.8 Å². The molecule has 166 valence electrons. The normalized spacial score (nSPS) is 22.1. The third kappa shape index (κ3) is 4.56. The lowest BCUT2D eigenvalue weighted by molar-refractivity contribution is -0.166. The van der Waals surface area contributed by atoms with Crippen molar-refractivity contribution in [2.45, 2.75) is 44.7 Å². The zero-order valence-electron chi connectivity index (χ0n) is 18.7. The molecule has 2 aromatic rings. The van der Waals surface area contributed by atoms with Gasteiger partial charge in [0, 0.05) is 24.4 Å². The van der Waals surface area contributed by atoms with Gasteiger partial charge in [0.25, 0.3) is 0 Å². The average molecular weight is 431 g/mol. The summed E-state index contributed by atoms with van der Waals surface area (Å²) in [5, 5.41) is 9.97. The summed E-state index contributed by atoms with van der Waals surface area (Å²) in [6.45, 7) is 4.79. The SMILES string of the molecule is CC(C)CC#Cc1ccc([C@@H]2[C@H](CO)N3C(=O)CN(C(=O)Cc4ccccc4)C[C@@H]23)cc1. The Bertz CT molecular complexity index is 1020.